The molecule has 1 aromatic rings. The predicted octanol–water partition coefficient (Wildman–Crippen LogP) is 3.35. The van der Waals surface area contributed by atoms with Gasteiger partial charge in [-0.2, -0.15) is 0 Å². The van der Waals surface area contributed by atoms with Gasteiger partial charge in [0, 0.05) is 6.07 Å². The Kier molecular flexibility index (Phi) is 2.81. The summed E-state index contributed by atoms with van der Waals surface area (Å²) in [7, 11) is 0. The van der Waals surface area contributed by atoms with E-state index in [0.717, 1.165) is 5.56 Å². The smallest absolute Gasteiger partial charge is 0.258 e. The highest BCUT2D eigenvalue weighted by molar-refractivity contribution is 6.30. The average Bonchev–Trinajstić information content (AvgIpc) is 2.01. The molecule has 0 amide bonds. The van der Waals surface area contributed by atoms with E-state index in [-0.39, 0.29) is 16.1 Å². The van der Waals surface area contributed by atoms with Crippen LogP contribution in [0.15, 0.2) is 12.1 Å². The second-order valence-electron chi connectivity index (χ2n) is 4.11. The molecule has 0 aliphatic heterocycles. The quantitative estimate of drug-likeness (QED) is 0.529. The lowest BCUT2D eigenvalue weighted by Crippen LogP contribution is -2.11. The standard InChI is InChI=1S/C10H11ClNO2/c1-10(2,3)7-4-8(11)6-9(5-7)12(13)14/h4-5H,1-3H3. The van der Waals surface area contributed by atoms with Crippen molar-refractivity contribution in [2.75, 3.05) is 0 Å². The molecule has 1 rings (SSSR count). The Labute approximate surface area is 87.8 Å². The van der Waals surface area contributed by atoms with Gasteiger partial charge in [-0.15, -0.1) is 0 Å². The zero-order chi connectivity index (χ0) is 10.9. The van der Waals surface area contributed by atoms with Gasteiger partial charge < -0.3 is 0 Å². The first kappa shape index (κ1) is 11.0. The molecule has 3 nitrogen and oxygen atoms in total. The Morgan fingerprint density at radius 3 is 2.43 bits per heavy atom. The third-order valence-electron chi connectivity index (χ3n) is 1.88. The largest absolute Gasteiger partial charge is 0.279 e. The summed E-state index contributed by atoms with van der Waals surface area (Å²) in [5, 5.41) is 10.8. The van der Waals surface area contributed by atoms with Crippen molar-refractivity contribution in [1.82, 2.24) is 0 Å². The van der Waals surface area contributed by atoms with E-state index < -0.39 is 4.92 Å². The third-order valence-corrected chi connectivity index (χ3v) is 2.09. The number of hydrogen-bond donors (Lipinski definition) is 0. The maximum atomic E-state index is 10.5. The molecule has 0 aromatic heterocycles. The van der Waals surface area contributed by atoms with Crippen LogP contribution in [0.4, 0.5) is 5.69 Å². The van der Waals surface area contributed by atoms with E-state index in [9.17, 15) is 10.1 Å². The number of non-ortho nitro benzene ring substituents is 1. The zero-order valence-corrected chi connectivity index (χ0v) is 9.05. The topological polar surface area (TPSA) is 43.1 Å². The molecule has 1 radical (unpaired) electrons. The molecule has 0 bridgehead atoms. The van der Waals surface area contributed by atoms with Crippen molar-refractivity contribution in [1.29, 1.82) is 0 Å². The van der Waals surface area contributed by atoms with Gasteiger partial charge in [-0.25, -0.2) is 0 Å². The summed E-state index contributed by atoms with van der Waals surface area (Å²) < 4.78 is 0. The first-order valence-corrected chi connectivity index (χ1v) is 4.56. The Hall–Kier alpha value is -1.09. The van der Waals surface area contributed by atoms with Crippen LogP contribution in [0.1, 0.15) is 26.3 Å². The van der Waals surface area contributed by atoms with Gasteiger partial charge >= 0.3 is 0 Å². The molecule has 0 heterocycles. The second kappa shape index (κ2) is 3.58. The molecule has 0 saturated heterocycles. The van der Waals surface area contributed by atoms with E-state index in [4.69, 9.17) is 11.6 Å². The molecule has 0 aliphatic rings. The molecule has 0 fully saturated rings. The van der Waals surface area contributed by atoms with E-state index in [1.165, 1.54) is 6.07 Å². The summed E-state index contributed by atoms with van der Waals surface area (Å²) in [6.07, 6.45) is 0. The van der Waals surface area contributed by atoms with Gasteiger partial charge in [0.25, 0.3) is 5.69 Å². The molecule has 14 heavy (non-hydrogen) atoms. The molecule has 0 aliphatic carbocycles. The minimum Gasteiger partial charge on any atom is -0.258 e. The zero-order valence-electron chi connectivity index (χ0n) is 8.30. The Bertz CT molecular complexity index is 369. The molecule has 0 N–H and O–H groups in total. The van der Waals surface area contributed by atoms with Gasteiger partial charge in [0.1, 0.15) is 0 Å². The molecular formula is C10H11ClNO2. The summed E-state index contributed by atoms with van der Waals surface area (Å²) >= 11 is 5.74. The molecular weight excluding hydrogens is 202 g/mol. The van der Waals surface area contributed by atoms with Crippen molar-refractivity contribution in [2.45, 2.75) is 26.2 Å². The fourth-order valence-corrected chi connectivity index (χ4v) is 1.27. The number of hydrogen-bond acceptors (Lipinski definition) is 2. The van der Waals surface area contributed by atoms with Crippen molar-refractivity contribution in [3.63, 3.8) is 0 Å². The van der Waals surface area contributed by atoms with Crippen LogP contribution in [0.5, 0.6) is 0 Å². The Morgan fingerprint density at radius 1 is 1.43 bits per heavy atom. The minimum absolute atomic E-state index is 0.0811. The SMILES string of the molecule is CC(C)(C)c1cc(Cl)[c]c([N+](=O)[O-])c1. The van der Waals surface area contributed by atoms with Gasteiger partial charge in [0.2, 0.25) is 0 Å². The van der Waals surface area contributed by atoms with Crippen molar-refractivity contribution in [3.8, 4) is 0 Å². The van der Waals surface area contributed by atoms with Crippen molar-refractivity contribution < 1.29 is 4.92 Å². The highest BCUT2D eigenvalue weighted by Crippen LogP contribution is 2.28. The maximum Gasteiger partial charge on any atom is 0.279 e. The van der Waals surface area contributed by atoms with Crippen LogP contribution in [-0.4, -0.2) is 4.92 Å². The van der Waals surface area contributed by atoms with E-state index in [0.29, 0.717) is 0 Å². The van der Waals surface area contributed by atoms with Crippen LogP contribution in [0.25, 0.3) is 0 Å². The molecule has 0 saturated carbocycles. The normalized spacial score (nSPS) is 11.4. The molecule has 0 spiro atoms. The lowest BCUT2D eigenvalue weighted by molar-refractivity contribution is -0.385. The van der Waals surface area contributed by atoms with E-state index >= 15 is 0 Å². The number of benzene rings is 1. The molecule has 4 heteroatoms. The first-order valence-electron chi connectivity index (χ1n) is 4.18. The Morgan fingerprint density at radius 2 is 2.00 bits per heavy atom. The molecule has 75 valence electrons. The number of rotatable bonds is 1. The van der Waals surface area contributed by atoms with Gasteiger partial charge in [-0.3, -0.25) is 10.1 Å². The van der Waals surface area contributed by atoms with Gasteiger partial charge in [0.15, 0.2) is 0 Å². The van der Waals surface area contributed by atoms with E-state index in [2.05, 4.69) is 6.07 Å². The molecule has 0 atom stereocenters. The maximum absolute atomic E-state index is 10.5. The lowest BCUT2D eigenvalue weighted by Gasteiger charge is -2.18. The number of nitro groups is 1. The summed E-state index contributed by atoms with van der Waals surface area (Å²) in [6, 6.07) is 5.69. The number of nitrogens with zero attached hydrogens (tertiary/aromatic N) is 1. The highest BCUT2D eigenvalue weighted by atomic mass is 35.5. The van der Waals surface area contributed by atoms with Crippen LogP contribution in [-0.2, 0) is 5.41 Å². The predicted molar refractivity (Wildman–Crippen MR) is 55.6 cm³/mol. The summed E-state index contributed by atoms with van der Waals surface area (Å²) in [6.45, 7) is 5.92. The number of halogens is 1. The van der Waals surface area contributed by atoms with Crippen LogP contribution in [0.2, 0.25) is 5.02 Å². The second-order valence-corrected chi connectivity index (χ2v) is 4.52. The summed E-state index contributed by atoms with van der Waals surface area (Å²) in [5.41, 5.74) is 0.610. The van der Waals surface area contributed by atoms with Gasteiger partial charge in [-0.1, -0.05) is 32.4 Å². The van der Waals surface area contributed by atoms with Crippen LogP contribution < -0.4 is 0 Å². The van der Waals surface area contributed by atoms with Crippen LogP contribution in [0, 0.1) is 16.2 Å². The van der Waals surface area contributed by atoms with E-state index in [1.807, 2.05) is 20.8 Å². The first-order chi connectivity index (χ1) is 6.30. The fraction of sp³-hybridized carbons (Fsp3) is 0.400. The summed E-state index contributed by atoms with van der Waals surface area (Å²) in [4.78, 5) is 10.1. The molecule has 0 unspecified atom stereocenters. The van der Waals surface area contributed by atoms with Crippen molar-refractivity contribution in [2.24, 2.45) is 0 Å². The van der Waals surface area contributed by atoms with Crippen LogP contribution in [0.3, 0.4) is 0 Å². The van der Waals surface area contributed by atoms with Crippen molar-refractivity contribution >= 4 is 17.3 Å². The Balaban J connectivity index is 3.28. The average molecular weight is 213 g/mol. The summed E-state index contributed by atoms with van der Waals surface area (Å²) in [5.74, 6) is 0. The highest BCUT2D eigenvalue weighted by Gasteiger charge is 2.18. The van der Waals surface area contributed by atoms with Crippen LogP contribution >= 0.6 is 11.6 Å². The van der Waals surface area contributed by atoms with Crippen molar-refractivity contribution in [3.05, 3.63) is 38.9 Å². The minimum atomic E-state index is -0.485. The lowest BCUT2D eigenvalue weighted by atomic mass is 9.87. The fourth-order valence-electron chi connectivity index (χ4n) is 1.05. The molecule has 1 aromatic carbocycles. The monoisotopic (exact) mass is 212 g/mol. The number of nitro benzene ring substituents is 1. The van der Waals surface area contributed by atoms with Gasteiger partial charge in [-0.05, 0) is 17.0 Å². The van der Waals surface area contributed by atoms with E-state index in [1.54, 1.807) is 6.07 Å². The third kappa shape index (κ3) is 2.45. The van der Waals surface area contributed by atoms with Gasteiger partial charge in [0.05, 0.1) is 16.0 Å².